The lowest BCUT2D eigenvalue weighted by atomic mass is 9.69. The van der Waals surface area contributed by atoms with Gasteiger partial charge >= 0.3 is 5.97 Å². The van der Waals surface area contributed by atoms with Gasteiger partial charge in [-0.05, 0) is 56.8 Å². The summed E-state index contributed by atoms with van der Waals surface area (Å²) >= 11 is 0. The van der Waals surface area contributed by atoms with Gasteiger partial charge in [-0.15, -0.1) is 0 Å². The van der Waals surface area contributed by atoms with E-state index in [1.807, 2.05) is 0 Å². The van der Waals surface area contributed by atoms with Gasteiger partial charge in [0, 0.05) is 12.0 Å². The minimum atomic E-state index is -0.209. The van der Waals surface area contributed by atoms with Crippen LogP contribution in [0.5, 0.6) is 0 Å². The molecule has 0 radical (unpaired) electrons. The van der Waals surface area contributed by atoms with E-state index in [0.29, 0.717) is 5.92 Å². The molecule has 3 saturated carbocycles. The van der Waals surface area contributed by atoms with Crippen molar-refractivity contribution >= 4 is 5.97 Å². The molecule has 3 fully saturated rings. The zero-order valence-corrected chi connectivity index (χ0v) is 11.2. The van der Waals surface area contributed by atoms with Gasteiger partial charge in [-0.25, -0.2) is 4.79 Å². The highest BCUT2D eigenvalue weighted by atomic mass is 16.6. The van der Waals surface area contributed by atoms with E-state index < -0.39 is 0 Å². The predicted octanol–water partition coefficient (Wildman–Crippen LogP) is 3.85. The van der Waals surface area contributed by atoms with E-state index in [0.717, 1.165) is 24.7 Å². The summed E-state index contributed by atoms with van der Waals surface area (Å²) in [6.07, 6.45) is 12.7. The Labute approximate surface area is 110 Å². The van der Waals surface area contributed by atoms with Gasteiger partial charge in [-0.3, -0.25) is 0 Å². The molecule has 0 N–H and O–H groups in total. The van der Waals surface area contributed by atoms with Crippen molar-refractivity contribution in [2.24, 2.45) is 17.8 Å². The monoisotopic (exact) mass is 248 g/mol. The van der Waals surface area contributed by atoms with Crippen LogP contribution in [0.2, 0.25) is 0 Å². The normalized spacial score (nSPS) is 37.4. The number of fused-ring (bicyclic) bond motifs is 2. The van der Waals surface area contributed by atoms with Crippen LogP contribution >= 0.6 is 0 Å². The molecule has 100 valence electrons. The van der Waals surface area contributed by atoms with Crippen LogP contribution in [-0.2, 0) is 9.53 Å². The minimum absolute atomic E-state index is 0.136. The molecule has 2 nitrogen and oxygen atoms in total. The van der Waals surface area contributed by atoms with Crippen LogP contribution < -0.4 is 0 Å². The Balaban J connectivity index is 1.80. The van der Waals surface area contributed by atoms with Gasteiger partial charge < -0.3 is 4.74 Å². The van der Waals surface area contributed by atoms with Crippen molar-refractivity contribution in [3.63, 3.8) is 0 Å². The van der Waals surface area contributed by atoms with Crippen LogP contribution in [0.4, 0.5) is 0 Å². The van der Waals surface area contributed by atoms with Crippen molar-refractivity contribution in [2.75, 3.05) is 0 Å². The molecular formula is C16H24O2. The molecule has 2 heteroatoms. The molecule has 0 heterocycles. The maximum absolute atomic E-state index is 11.7. The Bertz CT molecular complexity index is 341. The summed E-state index contributed by atoms with van der Waals surface area (Å²) in [7, 11) is 0. The first-order valence-corrected chi connectivity index (χ1v) is 7.59. The molecule has 3 aliphatic rings. The second-order valence-corrected chi connectivity index (χ2v) is 6.53. The summed E-state index contributed by atoms with van der Waals surface area (Å²) in [6.45, 7) is 3.56. The molecule has 18 heavy (non-hydrogen) atoms. The number of hydrogen-bond donors (Lipinski definition) is 0. The molecule has 0 amide bonds. The fraction of sp³-hybridized carbons (Fsp3) is 0.812. The molecule has 0 aromatic heterocycles. The van der Waals surface area contributed by atoms with Crippen LogP contribution in [0.1, 0.15) is 57.8 Å². The number of carbonyl (C=O) groups excluding carboxylic acids is 1. The number of carbonyl (C=O) groups is 1. The van der Waals surface area contributed by atoms with E-state index in [-0.39, 0.29) is 11.6 Å². The van der Waals surface area contributed by atoms with Crippen molar-refractivity contribution in [3.8, 4) is 0 Å². The quantitative estimate of drug-likeness (QED) is 0.560. The third-order valence-corrected chi connectivity index (χ3v) is 5.58. The average Bonchev–Trinajstić information content (AvgIpc) is 3.02. The van der Waals surface area contributed by atoms with Crippen LogP contribution in [0, 0.1) is 17.8 Å². The molecule has 2 bridgehead atoms. The summed E-state index contributed by atoms with van der Waals surface area (Å²) in [5.74, 6) is 2.17. The van der Waals surface area contributed by atoms with Gasteiger partial charge in [0.2, 0.25) is 0 Å². The molecule has 3 unspecified atom stereocenters. The van der Waals surface area contributed by atoms with E-state index in [1.165, 1.54) is 51.0 Å². The Morgan fingerprint density at radius 3 is 2.50 bits per heavy atom. The highest BCUT2D eigenvalue weighted by Crippen LogP contribution is 2.56. The molecule has 0 aliphatic heterocycles. The Hall–Kier alpha value is -0.790. The molecule has 0 spiro atoms. The van der Waals surface area contributed by atoms with Crippen LogP contribution in [0.25, 0.3) is 0 Å². The summed E-state index contributed by atoms with van der Waals surface area (Å²) < 4.78 is 5.91. The SMILES string of the molecule is C=CC(=O)OC1(C2CC3CCC2C3)CCCCC1. The van der Waals surface area contributed by atoms with Gasteiger partial charge in [0.05, 0.1) is 0 Å². The number of hydrogen-bond acceptors (Lipinski definition) is 2. The highest BCUT2D eigenvalue weighted by Gasteiger charge is 2.52. The van der Waals surface area contributed by atoms with E-state index in [4.69, 9.17) is 4.74 Å². The third kappa shape index (κ3) is 2.00. The van der Waals surface area contributed by atoms with E-state index in [1.54, 1.807) is 0 Å². The molecule has 3 rings (SSSR count). The summed E-state index contributed by atoms with van der Waals surface area (Å²) in [6, 6.07) is 0. The standard InChI is InChI=1S/C16H24O2/c1-2-15(17)18-16(8-4-3-5-9-16)14-11-12-6-7-13(14)10-12/h2,12-14H,1,3-11H2. The lowest BCUT2D eigenvalue weighted by Crippen LogP contribution is -2.46. The van der Waals surface area contributed by atoms with Crippen LogP contribution in [0.3, 0.4) is 0 Å². The maximum Gasteiger partial charge on any atom is 0.330 e. The molecule has 3 aliphatic carbocycles. The number of esters is 1. The fourth-order valence-corrected chi connectivity index (χ4v) is 4.83. The van der Waals surface area contributed by atoms with Gasteiger partial charge in [-0.2, -0.15) is 0 Å². The number of ether oxygens (including phenoxy) is 1. The molecule has 3 atom stereocenters. The summed E-state index contributed by atoms with van der Waals surface area (Å²) in [5, 5.41) is 0. The first-order chi connectivity index (χ1) is 8.73. The van der Waals surface area contributed by atoms with E-state index in [9.17, 15) is 4.79 Å². The molecule has 0 aromatic rings. The molecule has 0 saturated heterocycles. The number of rotatable bonds is 3. The predicted molar refractivity (Wildman–Crippen MR) is 71.0 cm³/mol. The second-order valence-electron chi connectivity index (χ2n) is 6.53. The molecular weight excluding hydrogens is 224 g/mol. The molecule has 0 aromatic carbocycles. The smallest absolute Gasteiger partial charge is 0.330 e. The Morgan fingerprint density at radius 2 is 1.94 bits per heavy atom. The van der Waals surface area contributed by atoms with Crippen molar-refractivity contribution in [1.29, 1.82) is 0 Å². The third-order valence-electron chi connectivity index (χ3n) is 5.58. The van der Waals surface area contributed by atoms with Crippen molar-refractivity contribution in [1.82, 2.24) is 0 Å². The van der Waals surface area contributed by atoms with Gasteiger partial charge in [0.1, 0.15) is 5.60 Å². The Morgan fingerprint density at radius 1 is 1.17 bits per heavy atom. The van der Waals surface area contributed by atoms with Crippen LogP contribution in [-0.4, -0.2) is 11.6 Å². The average molecular weight is 248 g/mol. The summed E-state index contributed by atoms with van der Waals surface area (Å²) in [5.41, 5.74) is -0.136. The van der Waals surface area contributed by atoms with E-state index in [2.05, 4.69) is 6.58 Å². The largest absolute Gasteiger partial charge is 0.456 e. The van der Waals surface area contributed by atoms with Crippen molar-refractivity contribution in [2.45, 2.75) is 63.4 Å². The first-order valence-electron chi connectivity index (χ1n) is 7.59. The lowest BCUT2D eigenvalue weighted by molar-refractivity contribution is -0.168. The van der Waals surface area contributed by atoms with Crippen molar-refractivity contribution < 1.29 is 9.53 Å². The van der Waals surface area contributed by atoms with Gasteiger partial charge in [-0.1, -0.05) is 19.4 Å². The Kier molecular flexibility index (Phi) is 3.21. The van der Waals surface area contributed by atoms with Crippen LogP contribution in [0.15, 0.2) is 12.7 Å². The zero-order valence-electron chi connectivity index (χ0n) is 11.2. The summed E-state index contributed by atoms with van der Waals surface area (Å²) in [4.78, 5) is 11.7. The first kappa shape index (κ1) is 12.3. The lowest BCUT2D eigenvalue weighted by Gasteiger charge is -2.44. The van der Waals surface area contributed by atoms with Gasteiger partial charge in [0.25, 0.3) is 0 Å². The maximum atomic E-state index is 11.7. The second kappa shape index (κ2) is 4.71. The topological polar surface area (TPSA) is 26.3 Å². The fourth-order valence-electron chi connectivity index (χ4n) is 4.83. The highest BCUT2D eigenvalue weighted by molar-refractivity contribution is 5.81. The van der Waals surface area contributed by atoms with E-state index >= 15 is 0 Å². The van der Waals surface area contributed by atoms with Crippen molar-refractivity contribution in [3.05, 3.63) is 12.7 Å². The van der Waals surface area contributed by atoms with Gasteiger partial charge in [0.15, 0.2) is 0 Å². The minimum Gasteiger partial charge on any atom is -0.456 e. The zero-order chi connectivity index (χ0) is 12.6.